The molecule has 0 aliphatic carbocycles. The van der Waals surface area contributed by atoms with E-state index in [4.69, 9.17) is 9.11 Å². The summed E-state index contributed by atoms with van der Waals surface area (Å²) in [6.07, 6.45) is 0. The van der Waals surface area contributed by atoms with Gasteiger partial charge in [-0.1, -0.05) is 6.07 Å². The summed E-state index contributed by atoms with van der Waals surface area (Å²) in [6.45, 7) is 0. The Balaban J connectivity index is 3.32. The highest BCUT2D eigenvalue weighted by Gasteiger charge is 2.31. The molecule has 144 valence electrons. The second-order valence-corrected chi connectivity index (χ2v) is 10.4. The third-order valence-electron chi connectivity index (χ3n) is 3.10. The Morgan fingerprint density at radius 3 is 1.42 bits per heavy atom. The highest BCUT2D eigenvalue weighted by molar-refractivity contribution is 7.89. The summed E-state index contributed by atoms with van der Waals surface area (Å²) >= 11 is 0. The Hall–Kier alpha value is -1.66. The molecule has 2 aromatic carbocycles. The lowest BCUT2D eigenvalue weighted by atomic mass is 10.1. The van der Waals surface area contributed by atoms with Crippen LogP contribution in [0.4, 0.5) is 0 Å². The summed E-state index contributed by atoms with van der Waals surface area (Å²) in [6, 6.07) is 1.58. The van der Waals surface area contributed by atoms with E-state index >= 15 is 0 Å². The molecule has 4 N–H and O–H groups in total. The van der Waals surface area contributed by atoms with Gasteiger partial charge in [0.1, 0.15) is 14.7 Å². The molecular formula is C10H8O12S4. The van der Waals surface area contributed by atoms with Gasteiger partial charge < -0.3 is 0 Å². The van der Waals surface area contributed by atoms with Crippen LogP contribution in [0.5, 0.6) is 0 Å². The zero-order chi connectivity index (χ0) is 20.3. The van der Waals surface area contributed by atoms with Crippen molar-refractivity contribution in [1.29, 1.82) is 0 Å². The predicted octanol–water partition coefficient (Wildman–Crippen LogP) is -0.173. The number of rotatable bonds is 4. The van der Waals surface area contributed by atoms with Gasteiger partial charge in [-0.05, 0) is 18.2 Å². The fourth-order valence-electron chi connectivity index (χ4n) is 2.15. The standard InChI is InChI=1S/C10H8O12S4/c11-23(12,13)5-1-2-6-7(3-5)8(24(14,15)16)4-9(25(17,18)19)10(6)26(20,21)22/h1-4H,(H,11,12,13)(H,14,15,16)(H,17,18,19)(H,20,21,22). The average Bonchev–Trinajstić information content (AvgIpc) is 2.40. The Bertz CT molecular complexity index is 1350. The van der Waals surface area contributed by atoms with E-state index in [1.54, 1.807) is 0 Å². The normalized spacial score (nSPS) is 13.8. The molecule has 0 unspecified atom stereocenters. The summed E-state index contributed by atoms with van der Waals surface area (Å²) in [7, 11) is -21.0. The lowest BCUT2D eigenvalue weighted by Gasteiger charge is -2.12. The Kier molecular flexibility index (Phi) is 4.71. The fraction of sp³-hybridized carbons (Fsp3) is 0. The molecule has 0 amide bonds. The van der Waals surface area contributed by atoms with Gasteiger partial charge in [0.2, 0.25) is 0 Å². The Labute approximate surface area is 147 Å². The molecule has 0 bridgehead atoms. The molecule has 26 heavy (non-hydrogen) atoms. The minimum absolute atomic E-state index is 0.0177. The van der Waals surface area contributed by atoms with Gasteiger partial charge in [-0.2, -0.15) is 33.7 Å². The van der Waals surface area contributed by atoms with E-state index in [0.29, 0.717) is 18.2 Å². The highest BCUT2D eigenvalue weighted by Crippen LogP contribution is 2.35. The lowest BCUT2D eigenvalue weighted by Crippen LogP contribution is -2.12. The molecule has 0 radical (unpaired) electrons. The van der Waals surface area contributed by atoms with Crippen molar-refractivity contribution in [2.45, 2.75) is 19.6 Å². The van der Waals surface area contributed by atoms with Crippen molar-refractivity contribution in [2.75, 3.05) is 0 Å². The number of fused-ring (bicyclic) bond motifs is 1. The zero-order valence-corrected chi connectivity index (χ0v) is 15.3. The third-order valence-corrected chi connectivity index (χ3v) is 6.80. The van der Waals surface area contributed by atoms with E-state index < -0.39 is 70.8 Å². The van der Waals surface area contributed by atoms with Gasteiger partial charge in [0.15, 0.2) is 0 Å². The Morgan fingerprint density at radius 1 is 0.538 bits per heavy atom. The third kappa shape index (κ3) is 3.86. The Morgan fingerprint density at radius 2 is 1.04 bits per heavy atom. The van der Waals surface area contributed by atoms with E-state index in [0.717, 1.165) is 0 Å². The summed E-state index contributed by atoms with van der Waals surface area (Å²) in [4.78, 5) is -5.24. The maximum Gasteiger partial charge on any atom is 0.296 e. The van der Waals surface area contributed by atoms with Crippen LogP contribution in [0.1, 0.15) is 0 Å². The molecule has 0 atom stereocenters. The first-order valence-corrected chi connectivity index (χ1v) is 11.7. The van der Waals surface area contributed by atoms with Crippen molar-refractivity contribution < 1.29 is 51.9 Å². The van der Waals surface area contributed by atoms with Gasteiger partial charge in [0.05, 0.1) is 4.90 Å². The van der Waals surface area contributed by atoms with E-state index in [-0.39, 0.29) is 6.07 Å². The zero-order valence-electron chi connectivity index (χ0n) is 12.0. The van der Waals surface area contributed by atoms with Crippen LogP contribution in [-0.2, 0) is 40.5 Å². The van der Waals surface area contributed by atoms with Gasteiger partial charge in [0, 0.05) is 10.8 Å². The first-order valence-electron chi connectivity index (χ1n) is 5.95. The van der Waals surface area contributed by atoms with Crippen LogP contribution in [0.2, 0.25) is 0 Å². The van der Waals surface area contributed by atoms with Crippen LogP contribution in [0.25, 0.3) is 10.8 Å². The van der Waals surface area contributed by atoms with Crippen LogP contribution in [0.3, 0.4) is 0 Å². The lowest BCUT2D eigenvalue weighted by molar-refractivity contribution is 0.466. The smallest absolute Gasteiger partial charge is 0.282 e. The molecular weight excluding hydrogens is 440 g/mol. The van der Waals surface area contributed by atoms with Crippen LogP contribution in [-0.4, -0.2) is 51.9 Å². The molecule has 0 spiro atoms. The highest BCUT2D eigenvalue weighted by atomic mass is 32.2. The quantitative estimate of drug-likeness (QED) is 0.448. The molecule has 0 heterocycles. The summed E-state index contributed by atoms with van der Waals surface area (Å²) in [5, 5.41) is -1.72. The second kappa shape index (κ2) is 5.92. The van der Waals surface area contributed by atoms with E-state index in [2.05, 4.69) is 0 Å². The van der Waals surface area contributed by atoms with Crippen molar-refractivity contribution in [3.05, 3.63) is 24.3 Å². The van der Waals surface area contributed by atoms with Crippen LogP contribution in [0.15, 0.2) is 43.8 Å². The first-order chi connectivity index (χ1) is 11.4. The largest absolute Gasteiger partial charge is 0.296 e. The minimum Gasteiger partial charge on any atom is -0.282 e. The van der Waals surface area contributed by atoms with Crippen LogP contribution < -0.4 is 0 Å². The van der Waals surface area contributed by atoms with Crippen LogP contribution >= 0.6 is 0 Å². The molecule has 0 saturated carbocycles. The van der Waals surface area contributed by atoms with Gasteiger partial charge in [-0.3, -0.25) is 18.2 Å². The molecule has 0 saturated heterocycles. The fourth-order valence-corrected chi connectivity index (χ4v) is 5.46. The van der Waals surface area contributed by atoms with E-state index in [1.807, 2.05) is 0 Å². The maximum absolute atomic E-state index is 11.6. The summed E-state index contributed by atoms with van der Waals surface area (Å²) < 4.78 is 128. The predicted molar refractivity (Wildman–Crippen MR) is 83.2 cm³/mol. The van der Waals surface area contributed by atoms with Crippen molar-refractivity contribution in [2.24, 2.45) is 0 Å². The molecule has 0 aliphatic heterocycles. The molecule has 12 nitrogen and oxygen atoms in total. The van der Waals surface area contributed by atoms with Gasteiger partial charge >= 0.3 is 0 Å². The van der Waals surface area contributed by atoms with Gasteiger partial charge in [-0.15, -0.1) is 0 Å². The van der Waals surface area contributed by atoms with Crippen molar-refractivity contribution in [1.82, 2.24) is 0 Å². The van der Waals surface area contributed by atoms with E-state index in [1.165, 1.54) is 0 Å². The molecule has 0 fully saturated rings. The second-order valence-electron chi connectivity index (χ2n) is 4.81. The van der Waals surface area contributed by atoms with E-state index in [9.17, 15) is 42.8 Å². The maximum atomic E-state index is 11.6. The monoisotopic (exact) mass is 448 g/mol. The summed E-state index contributed by atoms with van der Waals surface area (Å²) in [5.74, 6) is 0. The van der Waals surface area contributed by atoms with Crippen molar-refractivity contribution in [3.63, 3.8) is 0 Å². The minimum atomic E-state index is -5.41. The molecule has 0 aliphatic rings. The number of hydrogen-bond acceptors (Lipinski definition) is 8. The molecule has 2 aromatic rings. The first kappa shape index (κ1) is 20.6. The number of hydrogen-bond donors (Lipinski definition) is 4. The van der Waals surface area contributed by atoms with Crippen molar-refractivity contribution >= 4 is 51.2 Å². The van der Waals surface area contributed by atoms with Crippen molar-refractivity contribution in [3.8, 4) is 0 Å². The van der Waals surface area contributed by atoms with Gasteiger partial charge in [0.25, 0.3) is 40.5 Å². The average molecular weight is 448 g/mol. The van der Waals surface area contributed by atoms with Gasteiger partial charge in [-0.25, -0.2) is 0 Å². The topological polar surface area (TPSA) is 217 Å². The van der Waals surface area contributed by atoms with Crippen LogP contribution in [0, 0.1) is 0 Å². The summed E-state index contributed by atoms with van der Waals surface area (Å²) in [5.41, 5.74) is 0. The molecule has 2 rings (SSSR count). The molecule has 0 aromatic heterocycles. The molecule has 16 heteroatoms. The number of benzene rings is 2. The SMILES string of the molecule is O=S(=O)(O)c1ccc2c(S(=O)(=O)O)c(S(=O)(=O)O)cc(S(=O)(=O)O)c2c1.